The number of aliphatic carboxylic acids is 3. The number of guanidine groups is 1. The zero-order valence-electron chi connectivity index (χ0n) is 43.6. The van der Waals surface area contributed by atoms with Gasteiger partial charge in [-0.3, -0.25) is 29.9 Å². The highest BCUT2D eigenvalue weighted by Gasteiger charge is 2.29. The number of carboxylic acid groups (broad SMARTS) is 3. The highest BCUT2D eigenvalue weighted by molar-refractivity contribution is 14.1. The number of rotatable bonds is 32. The van der Waals surface area contributed by atoms with E-state index >= 15 is 0 Å². The second-order valence-electron chi connectivity index (χ2n) is 19.3. The normalized spacial score (nSPS) is 12.4. The first-order chi connectivity index (χ1) is 34.6. The highest BCUT2D eigenvalue weighted by atomic mass is 127. The van der Waals surface area contributed by atoms with Crippen molar-refractivity contribution in [3.05, 3.63) is 32.9 Å². The van der Waals surface area contributed by atoms with Crippen molar-refractivity contribution in [2.45, 2.75) is 187 Å². The molecule has 1 rings (SSSR count). The van der Waals surface area contributed by atoms with Gasteiger partial charge in [0.1, 0.15) is 29.3 Å². The summed E-state index contributed by atoms with van der Waals surface area (Å²) >= 11 is 2.02. The Hall–Kier alpha value is -6.28. The van der Waals surface area contributed by atoms with Crippen molar-refractivity contribution in [3.63, 3.8) is 0 Å². The number of urea groups is 1. The van der Waals surface area contributed by atoms with Crippen molar-refractivity contribution in [1.29, 1.82) is 5.41 Å². The molecule has 0 heterocycles. The van der Waals surface area contributed by atoms with Gasteiger partial charge >= 0.3 is 42.1 Å². The fourth-order valence-electron chi connectivity index (χ4n) is 6.57. The maximum atomic E-state index is 13.1. The Morgan fingerprint density at radius 1 is 0.662 bits per heavy atom. The SMILES string of the molecule is CCCCOC(=O)C(CCCCNC(=O)c1ccc(CN(C(=N)NC(=O)OC(C)(C)C)C(=O)OC(C)(C)C)c(I)c1)NC(=O)CCCCCCC(=O)NCCCCC(NC(=O)NC(CCC(=O)O)C(=O)O)C(=O)O. The summed E-state index contributed by atoms with van der Waals surface area (Å²) in [5, 5.41) is 50.8. The number of hydrogen-bond acceptors (Lipinski definition) is 14. The number of nitrogens with zero attached hydrogens (tertiary/aromatic N) is 1. The Bertz CT molecular complexity index is 2080. The van der Waals surface area contributed by atoms with Crippen molar-refractivity contribution in [1.82, 2.24) is 36.8 Å². The lowest BCUT2D eigenvalue weighted by Crippen LogP contribution is -2.51. The third kappa shape index (κ3) is 30.0. The van der Waals surface area contributed by atoms with E-state index in [4.69, 9.17) is 24.7 Å². The van der Waals surface area contributed by atoms with Crippen LogP contribution in [0.25, 0.3) is 0 Å². The number of amides is 7. The molecule has 0 fully saturated rings. The lowest BCUT2D eigenvalue weighted by molar-refractivity contribution is -0.148. The Labute approximate surface area is 445 Å². The van der Waals surface area contributed by atoms with Crippen molar-refractivity contribution in [2.75, 3.05) is 19.7 Å². The van der Waals surface area contributed by atoms with E-state index in [1.54, 1.807) is 59.7 Å². The van der Waals surface area contributed by atoms with Crippen LogP contribution in [0.5, 0.6) is 0 Å². The lowest BCUT2D eigenvalue weighted by atomic mass is 10.1. The van der Waals surface area contributed by atoms with Crippen LogP contribution >= 0.6 is 22.6 Å². The number of ether oxygens (including phenoxy) is 3. The molecule has 7 amide bonds. The molecule has 0 radical (unpaired) electrons. The first-order valence-electron chi connectivity index (χ1n) is 24.7. The number of carbonyl (C=O) groups excluding carboxylic acids is 7. The molecule has 0 bridgehead atoms. The Morgan fingerprint density at radius 2 is 1.22 bits per heavy atom. The molecule has 0 aromatic heterocycles. The Kier molecular flexibility index (Phi) is 30.4. The number of carbonyl (C=O) groups is 10. The zero-order valence-corrected chi connectivity index (χ0v) is 45.7. The third-order valence-corrected chi connectivity index (χ3v) is 11.4. The van der Waals surface area contributed by atoms with E-state index < -0.39 is 83.8 Å². The van der Waals surface area contributed by atoms with Gasteiger partial charge in [0, 0.05) is 41.5 Å². The number of halogens is 1. The average Bonchev–Trinajstić information content (AvgIpc) is 3.28. The predicted octanol–water partition coefficient (Wildman–Crippen LogP) is 5.91. The molecule has 3 unspecified atom stereocenters. The molecule has 416 valence electrons. The average molecular weight is 1160 g/mol. The fraction of sp³-hybridized carbons (Fsp3) is 0.653. The smallest absolute Gasteiger partial charge is 0.417 e. The van der Waals surface area contributed by atoms with Gasteiger partial charge in [0.15, 0.2) is 0 Å². The molecule has 0 saturated carbocycles. The van der Waals surface area contributed by atoms with Crippen LogP contribution in [0, 0.1) is 8.98 Å². The van der Waals surface area contributed by atoms with Gasteiger partial charge in [-0.1, -0.05) is 32.3 Å². The van der Waals surface area contributed by atoms with Crippen molar-refractivity contribution >= 4 is 88.4 Å². The summed E-state index contributed by atoms with van der Waals surface area (Å²) in [6.07, 6.45) is 3.53. The van der Waals surface area contributed by atoms with E-state index in [0.29, 0.717) is 72.5 Å². The van der Waals surface area contributed by atoms with Crippen LogP contribution in [0.15, 0.2) is 18.2 Å². The van der Waals surface area contributed by atoms with Crippen LogP contribution in [-0.2, 0) is 49.5 Å². The van der Waals surface area contributed by atoms with Crippen LogP contribution in [-0.4, -0.2) is 135 Å². The molecule has 25 heteroatoms. The number of carboxylic acids is 3. The van der Waals surface area contributed by atoms with E-state index in [9.17, 15) is 58.2 Å². The molecule has 10 N–H and O–H groups in total. The summed E-state index contributed by atoms with van der Waals surface area (Å²) in [6, 6.07) is 0.0294. The van der Waals surface area contributed by atoms with Gasteiger partial charge in [-0.15, -0.1) is 0 Å². The number of benzene rings is 1. The Balaban J connectivity index is 2.58. The third-order valence-electron chi connectivity index (χ3n) is 10.4. The molecule has 0 aliphatic carbocycles. The second-order valence-corrected chi connectivity index (χ2v) is 20.5. The van der Waals surface area contributed by atoms with E-state index in [1.807, 2.05) is 29.5 Å². The molecule has 0 aliphatic heterocycles. The molecule has 1 aromatic rings. The molecule has 0 saturated heterocycles. The van der Waals surface area contributed by atoms with Gasteiger partial charge in [0.2, 0.25) is 17.8 Å². The van der Waals surface area contributed by atoms with Gasteiger partial charge < -0.3 is 56.1 Å². The summed E-state index contributed by atoms with van der Waals surface area (Å²) in [6.45, 7) is 12.5. The van der Waals surface area contributed by atoms with Crippen LogP contribution in [0.4, 0.5) is 14.4 Å². The number of hydrogen-bond donors (Lipinski definition) is 10. The lowest BCUT2D eigenvalue weighted by Gasteiger charge is -2.28. The van der Waals surface area contributed by atoms with Gasteiger partial charge in [-0.2, -0.15) is 0 Å². The van der Waals surface area contributed by atoms with Crippen LogP contribution in [0.1, 0.15) is 167 Å². The number of alkyl carbamates (subject to hydrolysis) is 1. The minimum Gasteiger partial charge on any atom is -0.481 e. The summed E-state index contributed by atoms with van der Waals surface area (Å²) in [5.74, 6) is -6.05. The molecule has 24 nitrogen and oxygen atoms in total. The molecule has 3 atom stereocenters. The zero-order chi connectivity index (χ0) is 56.0. The first-order valence-corrected chi connectivity index (χ1v) is 25.8. The summed E-state index contributed by atoms with van der Waals surface area (Å²) in [5.41, 5.74) is -0.830. The van der Waals surface area contributed by atoms with Gasteiger partial charge in [0.25, 0.3) is 5.91 Å². The van der Waals surface area contributed by atoms with Gasteiger partial charge in [-0.05, 0) is 146 Å². The largest absolute Gasteiger partial charge is 0.481 e. The predicted molar refractivity (Wildman–Crippen MR) is 278 cm³/mol. The number of nitrogens with one attached hydrogen (secondary N) is 7. The molecule has 1 aromatic carbocycles. The van der Waals surface area contributed by atoms with E-state index in [0.717, 1.165) is 11.3 Å². The molecular weight excluding hydrogens is 1080 g/mol. The molecular formula is C49H77IN8O16. The van der Waals surface area contributed by atoms with Crippen molar-refractivity contribution in [3.8, 4) is 0 Å². The van der Waals surface area contributed by atoms with Gasteiger partial charge in [-0.25, -0.2) is 33.7 Å². The minimum absolute atomic E-state index is 0.00316. The minimum atomic E-state index is -1.52. The molecule has 0 spiro atoms. The van der Waals surface area contributed by atoms with Crippen LogP contribution < -0.4 is 31.9 Å². The second kappa shape index (κ2) is 34.3. The van der Waals surface area contributed by atoms with E-state index in [-0.39, 0.29) is 76.1 Å². The molecule has 0 aliphatic rings. The van der Waals surface area contributed by atoms with E-state index in [2.05, 4.69) is 31.9 Å². The number of unbranched alkanes of at least 4 members (excludes halogenated alkanes) is 6. The summed E-state index contributed by atoms with van der Waals surface area (Å²) in [7, 11) is 0. The number of esters is 1. The topological polar surface area (TPSA) is 358 Å². The van der Waals surface area contributed by atoms with Crippen LogP contribution in [0.2, 0.25) is 0 Å². The molecule has 74 heavy (non-hydrogen) atoms. The fourth-order valence-corrected chi connectivity index (χ4v) is 7.26. The van der Waals surface area contributed by atoms with Crippen molar-refractivity contribution in [2.24, 2.45) is 0 Å². The van der Waals surface area contributed by atoms with Crippen LogP contribution in [0.3, 0.4) is 0 Å². The highest BCUT2D eigenvalue weighted by Crippen LogP contribution is 2.20. The summed E-state index contributed by atoms with van der Waals surface area (Å²) in [4.78, 5) is 124. The van der Waals surface area contributed by atoms with E-state index in [1.165, 1.54) is 0 Å². The monoisotopic (exact) mass is 1160 g/mol. The maximum Gasteiger partial charge on any atom is 0.417 e. The summed E-state index contributed by atoms with van der Waals surface area (Å²) < 4.78 is 16.7. The van der Waals surface area contributed by atoms with Crippen molar-refractivity contribution < 1.29 is 77.5 Å². The van der Waals surface area contributed by atoms with Gasteiger partial charge in [0.05, 0.1) is 13.2 Å². The first kappa shape index (κ1) is 65.7. The Morgan fingerprint density at radius 3 is 1.76 bits per heavy atom. The maximum absolute atomic E-state index is 13.1. The standard InChI is InChI=1S/C49H77IN8O16/c1-8-9-28-72-43(68)36(54-38(60)21-13-11-10-12-20-37(59)52-26-16-14-18-34(41(64)65)55-45(69)56-35(42(66)67)24-25-39(61)62)19-15-17-27-53-40(63)31-22-23-32(33(50)29-31)30-58(47(71)74-49(5,6)7)44(51)57-46(70)73-48(2,3)4/h22-23,29,34-36H,8-21,24-28,30H2,1-7H3,(H,52,59)(H,53,63)(H,54,60)(H,61,62)(H,64,65)(H,66,67)(H2,51,57,70)(H2,55,56,69). The quantitative estimate of drug-likeness (QED) is 0.0100.